The molecule has 196 valence electrons. The first-order valence-electron chi connectivity index (χ1n) is 10.2. The number of imidazole rings is 1. The van der Waals surface area contributed by atoms with Crippen molar-refractivity contribution in [1.29, 1.82) is 0 Å². The molecular weight excluding hydrogens is 542 g/mol. The van der Waals surface area contributed by atoms with E-state index < -0.39 is 58.0 Å². The molecule has 0 saturated carbocycles. The highest BCUT2D eigenvalue weighted by Gasteiger charge is 2.46. The third-order valence-electron chi connectivity index (χ3n) is 5.60. The van der Waals surface area contributed by atoms with Gasteiger partial charge in [-0.2, -0.15) is 4.98 Å². The minimum absolute atomic E-state index is 0.00525. The second-order valence-electron chi connectivity index (χ2n) is 8.28. The second kappa shape index (κ2) is 9.53. The fourth-order valence-corrected chi connectivity index (χ4v) is 6.63. The Morgan fingerprint density at radius 1 is 1.20 bits per heavy atom. The molecule has 0 bridgehead atoms. The zero-order chi connectivity index (χ0) is 25.8. The van der Waals surface area contributed by atoms with Crippen LogP contribution in [-0.4, -0.2) is 94.3 Å². The Labute approximate surface area is 201 Å². The quantitative estimate of drug-likeness (QED) is 0.292. The number of anilines is 1. The van der Waals surface area contributed by atoms with Crippen molar-refractivity contribution >= 4 is 38.3 Å². The van der Waals surface area contributed by atoms with E-state index in [1.165, 1.54) is 10.7 Å². The maximum atomic E-state index is 13.6. The lowest BCUT2D eigenvalue weighted by molar-refractivity contribution is -0.0222. The Kier molecular flexibility index (Phi) is 7.28. The normalized spacial score (nSPS) is 29.0. The summed E-state index contributed by atoms with van der Waals surface area (Å²) < 4.78 is 61.5. The molecule has 14 nitrogen and oxygen atoms in total. The molecule has 5 N–H and O–H groups in total. The molecule has 2 fully saturated rings. The van der Waals surface area contributed by atoms with E-state index in [4.69, 9.17) is 26.1 Å². The summed E-state index contributed by atoms with van der Waals surface area (Å²) in [4.78, 5) is 37.3. The Bertz CT molecular complexity index is 1190. The van der Waals surface area contributed by atoms with Gasteiger partial charge in [-0.25, -0.2) is 18.3 Å². The van der Waals surface area contributed by atoms with Crippen molar-refractivity contribution < 1.29 is 52.1 Å². The fourth-order valence-electron chi connectivity index (χ4n) is 3.90. The highest BCUT2D eigenvalue weighted by atomic mass is 35.5. The summed E-state index contributed by atoms with van der Waals surface area (Å²) in [6.07, 6.45) is -5.31. The van der Waals surface area contributed by atoms with Gasteiger partial charge in [-0.1, -0.05) is 0 Å². The molecule has 2 aliphatic rings. The molecule has 4 heterocycles. The zero-order valence-corrected chi connectivity index (χ0v) is 20.3. The van der Waals surface area contributed by atoms with E-state index in [0.29, 0.717) is 0 Å². The van der Waals surface area contributed by atoms with Crippen molar-refractivity contribution in [2.75, 3.05) is 30.5 Å². The lowest BCUT2D eigenvalue weighted by Crippen LogP contribution is -2.40. The Morgan fingerprint density at radius 2 is 1.86 bits per heavy atom. The number of nitrogens with zero attached hydrogens (tertiary/aromatic N) is 5. The first-order valence-corrected chi connectivity index (χ1v) is 14.2. The molecular formula is C16H22ClF2N5O9P2. The SMILES string of the molecule is O=P(O)(O)CP(=O)(O)OC[C@H]1O[C@@H](c2cnc3c(N4CCC(F)(F)CC4)nc(Cl)nn23)[C@H](O)[C@@H]1O. The number of ether oxygens (including phenoxy) is 1. The van der Waals surface area contributed by atoms with Crippen LogP contribution in [0.3, 0.4) is 0 Å². The monoisotopic (exact) mass is 563 g/mol. The molecule has 19 heteroatoms. The topological polar surface area (TPSA) is 200 Å². The molecule has 0 spiro atoms. The number of aliphatic hydroxyl groups is 2. The van der Waals surface area contributed by atoms with E-state index in [2.05, 4.69) is 19.6 Å². The number of fused-ring (bicyclic) bond motifs is 1. The van der Waals surface area contributed by atoms with Crippen molar-refractivity contribution in [3.63, 3.8) is 0 Å². The van der Waals surface area contributed by atoms with Crippen LogP contribution in [-0.2, 0) is 18.4 Å². The van der Waals surface area contributed by atoms with Gasteiger partial charge in [0.05, 0.1) is 18.5 Å². The maximum absolute atomic E-state index is 13.6. The number of rotatable bonds is 7. The Hall–Kier alpha value is -1.32. The van der Waals surface area contributed by atoms with E-state index in [9.17, 15) is 33.0 Å². The van der Waals surface area contributed by atoms with Crippen molar-refractivity contribution in [2.24, 2.45) is 0 Å². The van der Waals surface area contributed by atoms with Gasteiger partial charge in [-0.05, 0) is 11.6 Å². The molecule has 4 rings (SSSR count). The number of alkyl halides is 2. The van der Waals surface area contributed by atoms with Gasteiger partial charge in [0, 0.05) is 25.9 Å². The predicted molar refractivity (Wildman–Crippen MR) is 115 cm³/mol. The molecule has 2 aromatic heterocycles. The minimum Gasteiger partial charge on any atom is -0.387 e. The molecule has 5 atom stereocenters. The summed E-state index contributed by atoms with van der Waals surface area (Å²) in [6, 6.07) is 0. The van der Waals surface area contributed by atoms with Crippen LogP contribution in [0.4, 0.5) is 14.6 Å². The maximum Gasteiger partial charge on any atom is 0.340 e. The summed E-state index contributed by atoms with van der Waals surface area (Å²) in [5, 5.41) is 24.7. The molecule has 2 aliphatic heterocycles. The van der Waals surface area contributed by atoms with Crippen molar-refractivity contribution in [3.8, 4) is 0 Å². The summed E-state index contributed by atoms with van der Waals surface area (Å²) >= 11 is 6.04. The van der Waals surface area contributed by atoms with Crippen molar-refractivity contribution in [3.05, 3.63) is 17.2 Å². The second-order valence-corrected chi connectivity index (χ2v) is 12.6. The van der Waals surface area contributed by atoms with Gasteiger partial charge < -0.3 is 39.1 Å². The standard InChI is InChI=1S/C16H22ClF2N5O9P2/c17-15-21-14(23-3-1-16(18,19)2-4-23)13-20-5-8(24(13)22-15)12-11(26)10(25)9(33-12)6-32-35(30,31)7-34(27,28)29/h5,9-12,25-26H,1-4,6-7H2,(H,30,31)(H2,27,28,29)/t9-,10-,11-,12+/m1/s1. The third-order valence-corrected chi connectivity index (χ3v) is 9.21. The average molecular weight is 564 g/mol. The molecule has 2 aromatic rings. The molecule has 2 saturated heterocycles. The first-order chi connectivity index (χ1) is 16.2. The summed E-state index contributed by atoms with van der Waals surface area (Å²) in [7, 11) is -9.58. The van der Waals surface area contributed by atoms with Gasteiger partial charge in [-0.15, -0.1) is 5.10 Å². The van der Waals surface area contributed by atoms with Crippen LogP contribution in [0.5, 0.6) is 0 Å². The summed E-state index contributed by atoms with van der Waals surface area (Å²) in [5.74, 6) is -4.02. The molecule has 0 amide bonds. The van der Waals surface area contributed by atoms with E-state index in [0.717, 1.165) is 0 Å². The third kappa shape index (κ3) is 5.99. The van der Waals surface area contributed by atoms with Crippen LogP contribution < -0.4 is 4.90 Å². The molecule has 0 aliphatic carbocycles. The number of aliphatic hydroxyl groups excluding tert-OH is 2. The van der Waals surface area contributed by atoms with Crippen LogP contribution in [0, 0.1) is 0 Å². The largest absolute Gasteiger partial charge is 0.387 e. The van der Waals surface area contributed by atoms with Crippen LogP contribution >= 0.6 is 26.8 Å². The smallest absolute Gasteiger partial charge is 0.340 e. The van der Waals surface area contributed by atoms with Gasteiger partial charge in [-0.3, -0.25) is 9.13 Å². The van der Waals surface area contributed by atoms with Gasteiger partial charge in [0.15, 0.2) is 17.4 Å². The van der Waals surface area contributed by atoms with E-state index in [1.807, 2.05) is 0 Å². The number of halogens is 3. The summed E-state index contributed by atoms with van der Waals surface area (Å²) in [5.41, 5.74) is 0.255. The molecule has 0 aromatic carbocycles. The first kappa shape index (κ1) is 26.7. The number of hydrogen-bond donors (Lipinski definition) is 5. The zero-order valence-electron chi connectivity index (χ0n) is 17.8. The fraction of sp³-hybridized carbons (Fsp3) is 0.688. The van der Waals surface area contributed by atoms with Crippen LogP contribution in [0.1, 0.15) is 24.6 Å². The van der Waals surface area contributed by atoms with Crippen LogP contribution in [0.2, 0.25) is 5.28 Å². The minimum atomic E-state index is -4.86. The van der Waals surface area contributed by atoms with Gasteiger partial charge >= 0.3 is 15.2 Å². The molecule has 1 unspecified atom stereocenters. The molecule has 0 radical (unpaired) electrons. The lowest BCUT2D eigenvalue weighted by atomic mass is 10.1. The van der Waals surface area contributed by atoms with Crippen LogP contribution in [0.25, 0.3) is 5.65 Å². The van der Waals surface area contributed by atoms with E-state index >= 15 is 0 Å². The van der Waals surface area contributed by atoms with Gasteiger partial charge in [0.25, 0.3) is 5.92 Å². The van der Waals surface area contributed by atoms with Gasteiger partial charge in [0.1, 0.15) is 24.4 Å². The van der Waals surface area contributed by atoms with Crippen molar-refractivity contribution in [1.82, 2.24) is 19.6 Å². The summed E-state index contributed by atoms with van der Waals surface area (Å²) in [6.45, 7) is -0.772. The Balaban J connectivity index is 1.55. The van der Waals surface area contributed by atoms with E-state index in [-0.39, 0.29) is 48.4 Å². The highest BCUT2D eigenvalue weighted by Crippen LogP contribution is 2.55. The van der Waals surface area contributed by atoms with Gasteiger partial charge in [0.2, 0.25) is 5.28 Å². The molecule has 35 heavy (non-hydrogen) atoms. The van der Waals surface area contributed by atoms with Crippen molar-refractivity contribution in [2.45, 2.75) is 43.2 Å². The van der Waals surface area contributed by atoms with E-state index in [1.54, 1.807) is 4.90 Å². The van der Waals surface area contributed by atoms with Crippen LogP contribution in [0.15, 0.2) is 6.20 Å². The average Bonchev–Trinajstić information content (AvgIpc) is 3.25. The number of aromatic nitrogens is 4. The Morgan fingerprint density at radius 3 is 2.49 bits per heavy atom. The number of piperidine rings is 1. The lowest BCUT2D eigenvalue weighted by Gasteiger charge is -2.32. The highest BCUT2D eigenvalue weighted by molar-refractivity contribution is 7.70. The predicted octanol–water partition coefficient (Wildman–Crippen LogP) is 0.512. The number of hydrogen-bond acceptors (Lipinski definition) is 10.